The summed E-state index contributed by atoms with van der Waals surface area (Å²) in [6.07, 6.45) is 3.96. The molecule has 1 aliphatic rings. The molecule has 1 aromatic rings. The standard InChI is InChI=1S/C31H53N3O6/c1-20(2)23(15-22-9-10-27(39-6)28(16-22)40-14-8-13-38-5)17-25(32)26(35)18-24(21(3)4)29(36)34-19-31(30(33)37)11-7-12-31/h9-10,16,20-21,23-26,35H,7-8,11-15,17-19,32H2,1-6H3,(H2,33,37)(H,34,36)/t23-,24-,25-,26-/m0/s1. The average molecular weight is 564 g/mol. The molecule has 228 valence electrons. The Balaban J connectivity index is 2.01. The van der Waals surface area contributed by atoms with E-state index >= 15 is 0 Å². The molecule has 0 aromatic heterocycles. The van der Waals surface area contributed by atoms with Crippen molar-refractivity contribution in [3.8, 4) is 11.5 Å². The normalized spacial score (nSPS) is 17.6. The molecule has 0 heterocycles. The Kier molecular flexibility index (Phi) is 13.7. The van der Waals surface area contributed by atoms with Crippen molar-refractivity contribution in [3.05, 3.63) is 23.8 Å². The van der Waals surface area contributed by atoms with Crippen LogP contribution in [0.4, 0.5) is 0 Å². The minimum absolute atomic E-state index is 0.00951. The first kappa shape index (κ1) is 33.8. The number of ether oxygens (including phenoxy) is 3. The van der Waals surface area contributed by atoms with E-state index in [1.54, 1.807) is 14.2 Å². The van der Waals surface area contributed by atoms with Crippen molar-refractivity contribution in [2.75, 3.05) is 34.0 Å². The molecule has 0 spiro atoms. The number of benzene rings is 1. The van der Waals surface area contributed by atoms with Crippen LogP contribution in [0.1, 0.15) is 71.8 Å². The Bertz CT molecular complexity index is 934. The highest BCUT2D eigenvalue weighted by Gasteiger charge is 2.43. The summed E-state index contributed by atoms with van der Waals surface area (Å²) in [5.74, 6) is 1.02. The lowest BCUT2D eigenvalue weighted by Crippen LogP contribution is -2.52. The molecule has 1 aliphatic carbocycles. The first-order valence-electron chi connectivity index (χ1n) is 14.7. The van der Waals surface area contributed by atoms with Crippen LogP contribution in [0.5, 0.6) is 11.5 Å². The Hall–Kier alpha value is -2.36. The van der Waals surface area contributed by atoms with Gasteiger partial charge < -0.3 is 36.1 Å². The van der Waals surface area contributed by atoms with Gasteiger partial charge in [0.05, 0.1) is 25.2 Å². The summed E-state index contributed by atoms with van der Waals surface area (Å²) in [6.45, 7) is 9.67. The zero-order valence-electron chi connectivity index (χ0n) is 25.4. The van der Waals surface area contributed by atoms with Crippen molar-refractivity contribution in [2.45, 2.75) is 84.8 Å². The predicted octanol–water partition coefficient (Wildman–Crippen LogP) is 3.44. The quantitative estimate of drug-likeness (QED) is 0.189. The largest absolute Gasteiger partial charge is 0.493 e. The fourth-order valence-corrected chi connectivity index (χ4v) is 5.37. The van der Waals surface area contributed by atoms with Crippen LogP contribution in [0.15, 0.2) is 18.2 Å². The molecule has 1 fully saturated rings. The van der Waals surface area contributed by atoms with Crippen LogP contribution in [-0.4, -0.2) is 63.0 Å². The average Bonchev–Trinajstić information content (AvgIpc) is 2.88. The molecule has 1 saturated carbocycles. The van der Waals surface area contributed by atoms with Gasteiger partial charge in [0.25, 0.3) is 0 Å². The van der Waals surface area contributed by atoms with Gasteiger partial charge in [-0.1, -0.05) is 40.2 Å². The monoisotopic (exact) mass is 563 g/mol. The molecule has 1 aromatic carbocycles. The number of hydrogen-bond donors (Lipinski definition) is 4. The second kappa shape index (κ2) is 16.2. The third-order valence-electron chi connectivity index (χ3n) is 8.56. The predicted molar refractivity (Wildman–Crippen MR) is 157 cm³/mol. The molecule has 4 atom stereocenters. The molecule has 2 rings (SSSR count). The van der Waals surface area contributed by atoms with Gasteiger partial charge in [-0.25, -0.2) is 0 Å². The maximum Gasteiger partial charge on any atom is 0.225 e. The van der Waals surface area contributed by atoms with Crippen LogP contribution in [0.2, 0.25) is 0 Å². The number of hydrogen-bond acceptors (Lipinski definition) is 7. The van der Waals surface area contributed by atoms with E-state index in [2.05, 4.69) is 19.2 Å². The van der Waals surface area contributed by atoms with E-state index in [0.29, 0.717) is 49.9 Å². The second-order valence-corrected chi connectivity index (χ2v) is 12.2. The number of aliphatic hydroxyl groups excluding tert-OH is 1. The van der Waals surface area contributed by atoms with Crippen molar-refractivity contribution >= 4 is 11.8 Å². The van der Waals surface area contributed by atoms with E-state index in [-0.39, 0.29) is 36.6 Å². The number of primary amides is 1. The van der Waals surface area contributed by atoms with Gasteiger partial charge in [0.2, 0.25) is 11.8 Å². The van der Waals surface area contributed by atoms with Crippen molar-refractivity contribution in [1.29, 1.82) is 0 Å². The van der Waals surface area contributed by atoms with E-state index in [4.69, 9.17) is 25.7 Å². The van der Waals surface area contributed by atoms with Gasteiger partial charge in [-0.2, -0.15) is 0 Å². The molecular weight excluding hydrogens is 510 g/mol. The zero-order chi connectivity index (χ0) is 29.9. The van der Waals surface area contributed by atoms with Crippen LogP contribution < -0.4 is 26.3 Å². The van der Waals surface area contributed by atoms with E-state index in [0.717, 1.165) is 24.8 Å². The van der Waals surface area contributed by atoms with Gasteiger partial charge in [0.15, 0.2) is 11.5 Å². The first-order chi connectivity index (χ1) is 18.9. The summed E-state index contributed by atoms with van der Waals surface area (Å²) in [5, 5.41) is 14.0. The molecule has 9 nitrogen and oxygen atoms in total. The molecular formula is C31H53N3O6. The Morgan fingerprint density at radius 1 is 1.05 bits per heavy atom. The van der Waals surface area contributed by atoms with Crippen LogP contribution in [0.25, 0.3) is 0 Å². The van der Waals surface area contributed by atoms with Gasteiger partial charge in [-0.05, 0) is 67.6 Å². The molecule has 40 heavy (non-hydrogen) atoms. The van der Waals surface area contributed by atoms with Gasteiger partial charge in [0.1, 0.15) is 0 Å². The SMILES string of the molecule is COCCCOc1cc(C[C@@H](C[C@H](N)[C@@H](O)C[C@H](C(=O)NCC2(C(N)=O)CCC2)C(C)C)C(C)C)ccc1OC. The van der Waals surface area contributed by atoms with Crippen molar-refractivity contribution < 1.29 is 28.9 Å². The van der Waals surface area contributed by atoms with Gasteiger partial charge in [-0.3, -0.25) is 9.59 Å². The summed E-state index contributed by atoms with van der Waals surface area (Å²) >= 11 is 0. The maximum atomic E-state index is 13.1. The van der Waals surface area contributed by atoms with E-state index in [1.807, 2.05) is 32.0 Å². The number of carbonyl (C=O) groups excluding carboxylic acids is 2. The highest BCUT2D eigenvalue weighted by atomic mass is 16.5. The fraction of sp³-hybridized carbons (Fsp3) is 0.742. The van der Waals surface area contributed by atoms with E-state index in [1.165, 1.54) is 0 Å². The Labute approximate surface area is 240 Å². The third-order valence-corrected chi connectivity index (χ3v) is 8.56. The summed E-state index contributed by atoms with van der Waals surface area (Å²) < 4.78 is 16.5. The van der Waals surface area contributed by atoms with E-state index in [9.17, 15) is 14.7 Å². The Morgan fingerprint density at radius 3 is 2.27 bits per heavy atom. The number of rotatable bonds is 19. The minimum atomic E-state index is -0.830. The van der Waals surface area contributed by atoms with Crippen molar-refractivity contribution in [1.82, 2.24) is 5.32 Å². The number of methoxy groups -OCH3 is 2. The van der Waals surface area contributed by atoms with Crippen molar-refractivity contribution in [3.63, 3.8) is 0 Å². The lowest BCUT2D eigenvalue weighted by Gasteiger charge is -2.39. The molecule has 0 bridgehead atoms. The molecule has 0 radical (unpaired) electrons. The summed E-state index contributed by atoms with van der Waals surface area (Å²) in [4.78, 5) is 25.0. The van der Waals surface area contributed by atoms with Crippen molar-refractivity contribution in [2.24, 2.45) is 40.6 Å². The first-order valence-corrected chi connectivity index (χ1v) is 14.7. The molecule has 0 aliphatic heterocycles. The summed E-state index contributed by atoms with van der Waals surface area (Å²) in [5.41, 5.74) is 12.6. The lowest BCUT2D eigenvalue weighted by molar-refractivity contribution is -0.134. The summed E-state index contributed by atoms with van der Waals surface area (Å²) in [6, 6.07) is 5.50. The maximum absolute atomic E-state index is 13.1. The van der Waals surface area contributed by atoms with Crippen LogP contribution >= 0.6 is 0 Å². The number of carbonyl (C=O) groups is 2. The number of nitrogens with two attached hydrogens (primary N) is 2. The fourth-order valence-electron chi connectivity index (χ4n) is 5.37. The van der Waals surface area contributed by atoms with Gasteiger partial charge in [-0.15, -0.1) is 0 Å². The Morgan fingerprint density at radius 2 is 1.75 bits per heavy atom. The summed E-state index contributed by atoms with van der Waals surface area (Å²) in [7, 11) is 3.30. The highest BCUT2D eigenvalue weighted by molar-refractivity contribution is 5.84. The molecule has 2 amide bonds. The van der Waals surface area contributed by atoms with Crippen LogP contribution in [-0.2, 0) is 20.7 Å². The van der Waals surface area contributed by atoms with Gasteiger partial charge >= 0.3 is 0 Å². The van der Waals surface area contributed by atoms with E-state index < -0.39 is 23.5 Å². The van der Waals surface area contributed by atoms with Gasteiger partial charge in [0, 0.05) is 38.6 Å². The number of amides is 2. The molecule has 9 heteroatoms. The third kappa shape index (κ3) is 9.63. The number of nitrogens with one attached hydrogen (secondary N) is 1. The molecule has 0 unspecified atom stereocenters. The smallest absolute Gasteiger partial charge is 0.225 e. The number of aliphatic hydroxyl groups is 1. The highest BCUT2D eigenvalue weighted by Crippen LogP contribution is 2.40. The molecule has 0 saturated heterocycles. The second-order valence-electron chi connectivity index (χ2n) is 12.2. The van der Waals surface area contributed by atoms with Crippen LogP contribution in [0.3, 0.4) is 0 Å². The lowest BCUT2D eigenvalue weighted by atomic mass is 9.68. The molecule has 6 N–H and O–H groups in total. The minimum Gasteiger partial charge on any atom is -0.493 e. The zero-order valence-corrected chi connectivity index (χ0v) is 25.4. The topological polar surface area (TPSA) is 146 Å². The van der Waals surface area contributed by atoms with Crippen LogP contribution in [0, 0.1) is 29.1 Å².